The van der Waals surface area contributed by atoms with Gasteiger partial charge in [0, 0.05) is 27.7 Å². The fourth-order valence-corrected chi connectivity index (χ4v) is 5.28. The molecule has 2 heteroatoms. The summed E-state index contributed by atoms with van der Waals surface area (Å²) in [6.07, 6.45) is 4.83. The van der Waals surface area contributed by atoms with Crippen LogP contribution in [0.2, 0.25) is 0 Å². The van der Waals surface area contributed by atoms with Crippen molar-refractivity contribution in [3.05, 3.63) is 70.8 Å². The Morgan fingerprint density at radius 1 is 0.773 bits per heavy atom. The summed E-state index contributed by atoms with van der Waals surface area (Å²) in [5, 5.41) is 0. The molecule has 4 aliphatic rings. The van der Waals surface area contributed by atoms with Crippen LogP contribution in [0.15, 0.2) is 48.5 Å². The number of carbonyl (C=O) groups excluding carboxylic acids is 1. The molecule has 1 aliphatic heterocycles. The number of benzene rings is 2. The maximum absolute atomic E-state index is 12.9. The molecule has 3 spiro atoms. The fourth-order valence-electron chi connectivity index (χ4n) is 5.28. The molecule has 0 bridgehead atoms. The van der Waals surface area contributed by atoms with Gasteiger partial charge in [-0.1, -0.05) is 48.5 Å². The third kappa shape index (κ3) is 0.960. The van der Waals surface area contributed by atoms with Gasteiger partial charge in [-0.25, -0.2) is 0 Å². The van der Waals surface area contributed by atoms with Gasteiger partial charge < -0.3 is 4.74 Å². The minimum Gasteiger partial charge on any atom is -0.358 e. The molecule has 0 N–H and O–H groups in total. The number of ether oxygens (including phenoxy) is 1. The van der Waals surface area contributed by atoms with E-state index < -0.39 is 0 Å². The average Bonchev–Trinajstić information content (AvgIpc) is 3.45. The van der Waals surface area contributed by atoms with Crippen molar-refractivity contribution in [2.45, 2.75) is 36.9 Å². The minimum absolute atomic E-state index is 0.119. The molecule has 0 aromatic heterocycles. The van der Waals surface area contributed by atoms with Crippen LogP contribution in [0.5, 0.6) is 0 Å². The molecule has 0 amide bonds. The van der Waals surface area contributed by atoms with Crippen molar-refractivity contribution in [2.24, 2.45) is 5.41 Å². The maximum Gasteiger partial charge on any atom is 0.193 e. The third-order valence-electron chi connectivity index (χ3n) is 6.45. The van der Waals surface area contributed by atoms with E-state index in [1.807, 2.05) is 36.4 Å². The summed E-state index contributed by atoms with van der Waals surface area (Å²) in [7, 11) is 0. The van der Waals surface area contributed by atoms with Crippen molar-refractivity contribution >= 4 is 5.78 Å². The summed E-state index contributed by atoms with van der Waals surface area (Å²) in [5.41, 5.74) is 3.87. The summed E-state index contributed by atoms with van der Waals surface area (Å²) in [4.78, 5) is 12.9. The first-order valence-electron chi connectivity index (χ1n) is 8.18. The summed E-state index contributed by atoms with van der Waals surface area (Å²) in [6, 6.07) is 16.2. The first-order chi connectivity index (χ1) is 10.7. The van der Waals surface area contributed by atoms with E-state index in [-0.39, 0.29) is 22.4 Å². The van der Waals surface area contributed by atoms with E-state index in [1.165, 1.54) is 25.7 Å². The van der Waals surface area contributed by atoms with Gasteiger partial charge in [-0.05, 0) is 25.7 Å². The smallest absolute Gasteiger partial charge is 0.193 e. The van der Waals surface area contributed by atoms with E-state index in [4.69, 9.17) is 4.74 Å². The van der Waals surface area contributed by atoms with E-state index in [2.05, 4.69) is 12.1 Å². The molecular weight excluding hydrogens is 272 g/mol. The second-order valence-corrected chi connectivity index (χ2v) is 7.28. The summed E-state index contributed by atoms with van der Waals surface area (Å²) >= 11 is 0. The van der Waals surface area contributed by atoms with E-state index in [1.54, 1.807) is 0 Å². The molecule has 2 saturated carbocycles. The standard InChI is InChI=1S/C20H16O2/c21-17-13-5-1-3-7-15(13)20(16-8-4-2-6-14(16)17)18(9-10-18)19(22-20)11-12-19/h1-8H,9-12H2. The normalized spacial score (nSPS) is 26.5. The van der Waals surface area contributed by atoms with Gasteiger partial charge in [0.15, 0.2) is 5.78 Å². The Hall–Kier alpha value is -1.93. The lowest BCUT2D eigenvalue weighted by atomic mass is 9.59. The number of ketones is 1. The molecule has 1 saturated heterocycles. The topological polar surface area (TPSA) is 26.3 Å². The molecule has 2 aromatic rings. The Bertz CT molecular complexity index is 806. The highest BCUT2D eigenvalue weighted by molar-refractivity contribution is 6.13. The molecule has 1 heterocycles. The first kappa shape index (κ1) is 11.6. The van der Waals surface area contributed by atoms with Gasteiger partial charge in [0.1, 0.15) is 5.60 Å². The zero-order chi connectivity index (χ0) is 14.6. The SMILES string of the molecule is O=C1c2ccccc2C2(OC3(CC3)C23CC3)c2ccccc21. The van der Waals surface area contributed by atoms with Crippen molar-refractivity contribution in [3.63, 3.8) is 0 Å². The van der Waals surface area contributed by atoms with Gasteiger partial charge in [0.05, 0.1) is 5.60 Å². The van der Waals surface area contributed by atoms with Gasteiger partial charge in [-0.2, -0.15) is 0 Å². The Kier molecular flexibility index (Phi) is 1.69. The van der Waals surface area contributed by atoms with Gasteiger partial charge in [0.2, 0.25) is 0 Å². The lowest BCUT2D eigenvalue weighted by Gasteiger charge is -2.60. The molecule has 0 unspecified atom stereocenters. The van der Waals surface area contributed by atoms with Crippen LogP contribution < -0.4 is 0 Å². The summed E-state index contributed by atoms with van der Waals surface area (Å²) in [6.45, 7) is 0. The lowest BCUT2D eigenvalue weighted by Crippen LogP contribution is -2.64. The number of rotatable bonds is 0. The average molecular weight is 288 g/mol. The minimum atomic E-state index is -0.370. The predicted molar refractivity (Wildman–Crippen MR) is 81.8 cm³/mol. The second kappa shape index (κ2) is 3.21. The molecular formula is C20H16O2. The van der Waals surface area contributed by atoms with E-state index >= 15 is 0 Å². The Labute approximate surface area is 129 Å². The van der Waals surface area contributed by atoms with Gasteiger partial charge in [-0.3, -0.25) is 4.79 Å². The second-order valence-electron chi connectivity index (χ2n) is 7.28. The molecule has 0 radical (unpaired) electrons. The Morgan fingerprint density at radius 2 is 1.32 bits per heavy atom. The fraction of sp³-hybridized carbons (Fsp3) is 0.350. The molecule has 0 atom stereocenters. The largest absolute Gasteiger partial charge is 0.358 e. The van der Waals surface area contributed by atoms with Gasteiger partial charge in [-0.15, -0.1) is 0 Å². The highest BCUT2D eigenvalue weighted by atomic mass is 16.6. The molecule has 6 rings (SSSR count). The monoisotopic (exact) mass is 288 g/mol. The van der Waals surface area contributed by atoms with Crippen molar-refractivity contribution in [1.82, 2.24) is 0 Å². The van der Waals surface area contributed by atoms with Gasteiger partial charge in [0.25, 0.3) is 0 Å². The predicted octanol–water partition coefficient (Wildman–Crippen LogP) is 3.82. The summed E-state index contributed by atoms with van der Waals surface area (Å²) in [5.74, 6) is 0.146. The van der Waals surface area contributed by atoms with Crippen LogP contribution in [0, 0.1) is 5.41 Å². The molecule has 2 aromatic carbocycles. The molecule has 2 nitrogen and oxygen atoms in total. The van der Waals surface area contributed by atoms with Crippen molar-refractivity contribution < 1.29 is 9.53 Å². The van der Waals surface area contributed by atoms with Gasteiger partial charge >= 0.3 is 0 Å². The Balaban J connectivity index is 1.72. The molecule has 22 heavy (non-hydrogen) atoms. The van der Waals surface area contributed by atoms with Crippen molar-refractivity contribution in [3.8, 4) is 0 Å². The van der Waals surface area contributed by atoms with Crippen LogP contribution in [0.25, 0.3) is 0 Å². The van der Waals surface area contributed by atoms with Crippen LogP contribution in [0.1, 0.15) is 52.7 Å². The van der Waals surface area contributed by atoms with E-state index in [0.29, 0.717) is 0 Å². The highest BCUT2D eigenvalue weighted by Gasteiger charge is 2.86. The molecule has 3 aliphatic carbocycles. The Morgan fingerprint density at radius 3 is 1.82 bits per heavy atom. The maximum atomic E-state index is 12.9. The summed E-state index contributed by atoms with van der Waals surface area (Å²) < 4.78 is 6.69. The van der Waals surface area contributed by atoms with Crippen LogP contribution in [-0.2, 0) is 10.3 Å². The highest BCUT2D eigenvalue weighted by Crippen LogP contribution is 2.84. The number of fused-ring (bicyclic) bond motifs is 6. The third-order valence-corrected chi connectivity index (χ3v) is 6.45. The molecule has 3 fully saturated rings. The zero-order valence-electron chi connectivity index (χ0n) is 12.3. The number of carbonyl (C=O) groups is 1. The van der Waals surface area contributed by atoms with E-state index in [9.17, 15) is 4.79 Å². The quantitative estimate of drug-likeness (QED) is 0.736. The van der Waals surface area contributed by atoms with Crippen LogP contribution >= 0.6 is 0 Å². The van der Waals surface area contributed by atoms with Crippen molar-refractivity contribution in [2.75, 3.05) is 0 Å². The molecule has 108 valence electrons. The first-order valence-corrected chi connectivity index (χ1v) is 8.18. The van der Waals surface area contributed by atoms with E-state index in [0.717, 1.165) is 22.3 Å². The zero-order valence-corrected chi connectivity index (χ0v) is 12.3. The number of hydrogen-bond acceptors (Lipinski definition) is 2. The number of hydrogen-bond donors (Lipinski definition) is 0. The van der Waals surface area contributed by atoms with Crippen LogP contribution in [0.4, 0.5) is 0 Å². The van der Waals surface area contributed by atoms with Crippen LogP contribution in [0.3, 0.4) is 0 Å². The lowest BCUT2D eigenvalue weighted by molar-refractivity contribution is -0.283. The van der Waals surface area contributed by atoms with Crippen LogP contribution in [-0.4, -0.2) is 11.4 Å². The van der Waals surface area contributed by atoms with Crippen molar-refractivity contribution in [1.29, 1.82) is 0 Å².